The lowest BCUT2D eigenvalue weighted by Gasteiger charge is -2.22. The number of aryl methyl sites for hydroxylation is 3. The summed E-state index contributed by atoms with van der Waals surface area (Å²) in [6.07, 6.45) is 5.32. The maximum atomic E-state index is 9.74. The van der Waals surface area contributed by atoms with Crippen LogP contribution in [0, 0.1) is 20.8 Å². The van der Waals surface area contributed by atoms with Gasteiger partial charge in [-0.2, -0.15) is 0 Å². The van der Waals surface area contributed by atoms with Gasteiger partial charge >= 0.3 is 0 Å². The van der Waals surface area contributed by atoms with E-state index in [-0.39, 0.29) is 5.75 Å². The Morgan fingerprint density at radius 2 is 1.81 bits per heavy atom. The quantitative estimate of drug-likeness (QED) is 0.641. The number of ether oxygens (including phenoxy) is 1. The van der Waals surface area contributed by atoms with E-state index in [0.29, 0.717) is 5.75 Å². The zero-order valence-electron chi connectivity index (χ0n) is 19.4. The molecule has 1 aromatic heterocycles. The van der Waals surface area contributed by atoms with Crippen molar-refractivity contribution in [3.8, 4) is 11.5 Å². The summed E-state index contributed by atoms with van der Waals surface area (Å²) in [5, 5.41) is 10.9. The van der Waals surface area contributed by atoms with Crippen molar-refractivity contribution < 1.29 is 9.84 Å². The van der Waals surface area contributed by atoms with Gasteiger partial charge in [-0.05, 0) is 68.1 Å². The molecule has 2 aromatic carbocycles. The Morgan fingerprint density at radius 3 is 2.62 bits per heavy atom. The van der Waals surface area contributed by atoms with Crippen LogP contribution in [-0.4, -0.2) is 59.8 Å². The second-order valence-electron chi connectivity index (χ2n) is 8.54. The monoisotopic (exact) mass is 432 g/mol. The van der Waals surface area contributed by atoms with E-state index in [9.17, 15) is 5.11 Å². The number of hydrogen-bond donors (Lipinski definition) is 1. The van der Waals surface area contributed by atoms with E-state index in [1.807, 2.05) is 12.1 Å². The second kappa shape index (κ2) is 9.57. The molecular weight excluding hydrogens is 400 g/mol. The molecule has 2 heterocycles. The third kappa shape index (κ3) is 4.86. The smallest absolute Gasteiger partial charge is 0.226 e. The van der Waals surface area contributed by atoms with Gasteiger partial charge in [-0.1, -0.05) is 18.2 Å². The van der Waals surface area contributed by atoms with Crippen LogP contribution in [0.15, 0.2) is 36.4 Å². The number of fused-ring (bicyclic) bond motifs is 1. The van der Waals surface area contributed by atoms with Crippen molar-refractivity contribution in [1.29, 1.82) is 0 Å². The summed E-state index contributed by atoms with van der Waals surface area (Å²) in [7, 11) is 1.56. The summed E-state index contributed by atoms with van der Waals surface area (Å²) in [6.45, 7) is 11.1. The predicted molar refractivity (Wildman–Crippen MR) is 131 cm³/mol. The Balaban J connectivity index is 1.41. The van der Waals surface area contributed by atoms with Gasteiger partial charge in [-0.25, -0.2) is 9.97 Å². The third-order valence-corrected chi connectivity index (χ3v) is 6.24. The first-order chi connectivity index (χ1) is 15.4. The first kappa shape index (κ1) is 22.1. The van der Waals surface area contributed by atoms with Gasteiger partial charge in [-0.15, -0.1) is 0 Å². The van der Waals surface area contributed by atoms with Crippen molar-refractivity contribution in [2.24, 2.45) is 0 Å². The number of anilines is 1. The largest absolute Gasteiger partial charge is 0.504 e. The van der Waals surface area contributed by atoms with Gasteiger partial charge in [0.15, 0.2) is 11.5 Å². The molecule has 4 rings (SSSR count). The molecule has 0 saturated carbocycles. The fourth-order valence-electron chi connectivity index (χ4n) is 4.16. The summed E-state index contributed by atoms with van der Waals surface area (Å²) in [6, 6.07) is 9.77. The fourth-order valence-corrected chi connectivity index (χ4v) is 4.16. The number of rotatable bonds is 5. The molecule has 0 aliphatic carbocycles. The van der Waals surface area contributed by atoms with Crippen LogP contribution >= 0.6 is 0 Å². The van der Waals surface area contributed by atoms with Crippen LogP contribution in [0.3, 0.4) is 0 Å². The molecule has 0 unspecified atom stereocenters. The molecule has 168 valence electrons. The Morgan fingerprint density at radius 1 is 1.00 bits per heavy atom. The average Bonchev–Trinajstić information content (AvgIpc) is 3.02. The van der Waals surface area contributed by atoms with Crippen LogP contribution in [0.4, 0.5) is 5.95 Å². The number of benzene rings is 2. The lowest BCUT2D eigenvalue weighted by Crippen LogP contribution is -2.32. The molecular formula is C26H32N4O2. The minimum atomic E-state index is 0.161. The zero-order chi connectivity index (χ0) is 22.7. The molecule has 6 heteroatoms. The van der Waals surface area contributed by atoms with Gasteiger partial charge in [0.05, 0.1) is 18.3 Å². The van der Waals surface area contributed by atoms with Crippen molar-refractivity contribution in [3.63, 3.8) is 0 Å². The highest BCUT2D eigenvalue weighted by Crippen LogP contribution is 2.27. The molecule has 0 amide bonds. The average molecular weight is 433 g/mol. The minimum Gasteiger partial charge on any atom is -0.504 e. The van der Waals surface area contributed by atoms with Gasteiger partial charge in [0.25, 0.3) is 0 Å². The van der Waals surface area contributed by atoms with Crippen molar-refractivity contribution in [3.05, 3.63) is 58.8 Å². The van der Waals surface area contributed by atoms with Crippen LogP contribution in [0.25, 0.3) is 17.0 Å². The highest BCUT2D eigenvalue weighted by Gasteiger charge is 2.18. The summed E-state index contributed by atoms with van der Waals surface area (Å²) < 4.78 is 5.19. The molecule has 1 saturated heterocycles. The molecule has 0 atom stereocenters. The zero-order valence-corrected chi connectivity index (χ0v) is 19.4. The van der Waals surface area contributed by atoms with E-state index in [1.165, 1.54) is 11.1 Å². The van der Waals surface area contributed by atoms with E-state index in [1.54, 1.807) is 13.2 Å². The molecule has 6 nitrogen and oxygen atoms in total. The number of phenolic OH excluding ortho intramolecular Hbond substituents is 1. The van der Waals surface area contributed by atoms with E-state index in [0.717, 1.165) is 67.3 Å². The summed E-state index contributed by atoms with van der Waals surface area (Å²) in [4.78, 5) is 14.5. The minimum absolute atomic E-state index is 0.161. The van der Waals surface area contributed by atoms with E-state index in [2.05, 4.69) is 54.9 Å². The molecule has 0 radical (unpaired) electrons. The Bertz CT molecular complexity index is 1140. The first-order valence-electron chi connectivity index (χ1n) is 11.2. The fraction of sp³-hybridized carbons (Fsp3) is 0.385. The van der Waals surface area contributed by atoms with Crippen LogP contribution < -0.4 is 9.64 Å². The number of hydrogen-bond acceptors (Lipinski definition) is 6. The number of aromatic hydroxyl groups is 1. The number of nitrogens with zero attached hydrogens (tertiary/aromatic N) is 4. The van der Waals surface area contributed by atoms with Crippen LogP contribution in [-0.2, 0) is 0 Å². The van der Waals surface area contributed by atoms with Crippen molar-refractivity contribution >= 4 is 22.9 Å². The van der Waals surface area contributed by atoms with Crippen molar-refractivity contribution in [2.45, 2.75) is 27.2 Å². The summed E-state index contributed by atoms with van der Waals surface area (Å²) >= 11 is 0. The van der Waals surface area contributed by atoms with E-state index in [4.69, 9.17) is 14.7 Å². The highest BCUT2D eigenvalue weighted by molar-refractivity contribution is 5.83. The number of phenols is 1. The molecule has 3 aromatic rings. The maximum absolute atomic E-state index is 9.74. The van der Waals surface area contributed by atoms with Gasteiger partial charge in [-0.3, -0.25) is 4.90 Å². The third-order valence-electron chi connectivity index (χ3n) is 6.24. The lowest BCUT2D eigenvalue weighted by atomic mass is 10.1. The predicted octanol–water partition coefficient (Wildman–Crippen LogP) is 4.49. The summed E-state index contributed by atoms with van der Waals surface area (Å²) in [5.41, 5.74) is 5.63. The lowest BCUT2D eigenvalue weighted by molar-refractivity contribution is 0.326. The molecule has 1 aliphatic heterocycles. The number of methoxy groups -OCH3 is 1. The molecule has 0 bridgehead atoms. The Hall–Kier alpha value is -3.12. The van der Waals surface area contributed by atoms with Crippen molar-refractivity contribution in [2.75, 3.05) is 44.7 Å². The van der Waals surface area contributed by atoms with Gasteiger partial charge in [0.1, 0.15) is 0 Å². The van der Waals surface area contributed by atoms with E-state index >= 15 is 0 Å². The van der Waals surface area contributed by atoms with Gasteiger partial charge in [0, 0.05) is 38.1 Å². The second-order valence-corrected chi connectivity index (χ2v) is 8.54. The van der Waals surface area contributed by atoms with Crippen LogP contribution in [0.5, 0.6) is 11.5 Å². The van der Waals surface area contributed by atoms with Crippen LogP contribution in [0.2, 0.25) is 0 Å². The van der Waals surface area contributed by atoms with Gasteiger partial charge < -0.3 is 14.7 Å². The number of aromatic nitrogens is 2. The molecule has 1 aliphatic rings. The standard InChI is InChI=1S/C26H32N4O2/c1-18-15-22-20(3)27-26(28-23(22)16-19(18)2)30-12-6-11-29(13-14-30)10-5-7-21-8-9-24(31)25(17-21)32-4/h5,7-9,15-17,31H,6,10-14H2,1-4H3. The maximum Gasteiger partial charge on any atom is 0.226 e. The van der Waals surface area contributed by atoms with Crippen LogP contribution in [0.1, 0.15) is 28.8 Å². The van der Waals surface area contributed by atoms with Crippen molar-refractivity contribution in [1.82, 2.24) is 14.9 Å². The Kier molecular flexibility index (Phi) is 6.61. The normalized spacial score (nSPS) is 15.4. The highest BCUT2D eigenvalue weighted by atomic mass is 16.5. The molecule has 1 fully saturated rings. The Labute approximate surface area is 190 Å². The SMILES string of the molecule is COc1cc(C=CCN2CCCN(c3nc(C)c4cc(C)c(C)cc4n3)CC2)ccc1O. The first-order valence-corrected chi connectivity index (χ1v) is 11.2. The molecule has 0 spiro atoms. The molecule has 1 N–H and O–H groups in total. The molecule has 32 heavy (non-hydrogen) atoms. The van der Waals surface area contributed by atoms with E-state index < -0.39 is 0 Å². The topological polar surface area (TPSA) is 61.7 Å². The summed E-state index contributed by atoms with van der Waals surface area (Å²) in [5.74, 6) is 1.49. The van der Waals surface area contributed by atoms with Gasteiger partial charge in [0.2, 0.25) is 5.95 Å².